The summed E-state index contributed by atoms with van der Waals surface area (Å²) in [6.45, 7) is 10.5. The van der Waals surface area contributed by atoms with E-state index in [1.54, 1.807) is 0 Å². The Hall–Kier alpha value is -0.610. The molecule has 2 aliphatic heterocycles. The van der Waals surface area contributed by atoms with E-state index in [1.807, 2.05) is 11.8 Å². The first-order valence-corrected chi connectivity index (χ1v) is 8.09. The minimum atomic E-state index is 0.268. The van der Waals surface area contributed by atoms with Crippen LogP contribution in [-0.4, -0.2) is 49.8 Å². The van der Waals surface area contributed by atoms with Gasteiger partial charge in [0.2, 0.25) is 5.91 Å². The van der Waals surface area contributed by atoms with Crippen molar-refractivity contribution >= 4 is 5.91 Å². The number of fused-ring (bicyclic) bond motifs is 1. The lowest BCUT2D eigenvalue weighted by atomic mass is 9.91. The molecule has 0 aromatic carbocycles. The Morgan fingerprint density at radius 2 is 2.20 bits per heavy atom. The van der Waals surface area contributed by atoms with Gasteiger partial charge in [0.15, 0.2) is 0 Å². The maximum atomic E-state index is 12.2. The van der Waals surface area contributed by atoms with E-state index in [1.165, 1.54) is 0 Å². The van der Waals surface area contributed by atoms with Gasteiger partial charge in [-0.15, -0.1) is 0 Å². The molecule has 0 aromatic heterocycles. The van der Waals surface area contributed by atoms with Gasteiger partial charge in [-0.25, -0.2) is 0 Å². The van der Waals surface area contributed by atoms with Gasteiger partial charge in [0.05, 0.1) is 12.7 Å². The third-order valence-corrected chi connectivity index (χ3v) is 4.56. The van der Waals surface area contributed by atoms with E-state index in [9.17, 15) is 4.79 Å². The fourth-order valence-electron chi connectivity index (χ4n) is 3.25. The Morgan fingerprint density at radius 3 is 2.90 bits per heavy atom. The largest absolute Gasteiger partial charge is 0.382 e. The molecular weight excluding hydrogens is 254 g/mol. The smallest absolute Gasteiger partial charge is 0.222 e. The first-order chi connectivity index (χ1) is 9.61. The molecule has 0 bridgehead atoms. The molecule has 0 N–H and O–H groups in total. The van der Waals surface area contributed by atoms with E-state index >= 15 is 0 Å². The molecule has 116 valence electrons. The van der Waals surface area contributed by atoms with Gasteiger partial charge < -0.3 is 14.4 Å². The van der Waals surface area contributed by atoms with Crippen molar-refractivity contribution in [2.75, 3.05) is 32.9 Å². The third kappa shape index (κ3) is 3.95. The number of carbonyl (C=O) groups excluding carboxylic acids is 1. The molecule has 4 nitrogen and oxygen atoms in total. The van der Waals surface area contributed by atoms with Crippen molar-refractivity contribution in [3.63, 3.8) is 0 Å². The molecule has 0 spiro atoms. The second-order valence-electron chi connectivity index (χ2n) is 6.51. The quantitative estimate of drug-likeness (QED) is 0.673. The van der Waals surface area contributed by atoms with Crippen molar-refractivity contribution in [3.8, 4) is 0 Å². The molecule has 3 atom stereocenters. The Kier molecular flexibility index (Phi) is 5.85. The Labute approximate surface area is 122 Å². The first kappa shape index (κ1) is 15.8. The van der Waals surface area contributed by atoms with Crippen LogP contribution in [0.5, 0.6) is 0 Å². The van der Waals surface area contributed by atoms with Crippen LogP contribution in [0.4, 0.5) is 0 Å². The molecule has 2 saturated heterocycles. The van der Waals surface area contributed by atoms with E-state index in [-0.39, 0.29) is 6.10 Å². The van der Waals surface area contributed by atoms with Gasteiger partial charge in [-0.1, -0.05) is 13.8 Å². The molecular formula is C16H29NO3. The van der Waals surface area contributed by atoms with Gasteiger partial charge in [0.1, 0.15) is 0 Å². The van der Waals surface area contributed by atoms with Crippen LogP contribution in [0.25, 0.3) is 0 Å². The van der Waals surface area contributed by atoms with Crippen molar-refractivity contribution in [3.05, 3.63) is 0 Å². The Morgan fingerprint density at radius 1 is 1.40 bits per heavy atom. The number of hydrogen-bond acceptors (Lipinski definition) is 3. The first-order valence-electron chi connectivity index (χ1n) is 8.09. The molecule has 2 heterocycles. The molecule has 4 heteroatoms. The number of amides is 1. The predicted octanol–water partition coefficient (Wildman–Crippen LogP) is 2.32. The zero-order valence-electron chi connectivity index (χ0n) is 13.1. The summed E-state index contributed by atoms with van der Waals surface area (Å²) in [4.78, 5) is 14.2. The second-order valence-corrected chi connectivity index (χ2v) is 6.51. The lowest BCUT2D eigenvalue weighted by molar-refractivity contribution is -0.131. The topological polar surface area (TPSA) is 38.8 Å². The van der Waals surface area contributed by atoms with E-state index in [0.29, 0.717) is 30.1 Å². The van der Waals surface area contributed by atoms with Crippen LogP contribution in [0, 0.1) is 17.8 Å². The van der Waals surface area contributed by atoms with Crippen molar-refractivity contribution in [2.45, 2.75) is 46.1 Å². The number of nitrogens with zero attached hydrogens (tertiary/aromatic N) is 1. The molecule has 2 fully saturated rings. The van der Waals surface area contributed by atoms with Crippen molar-refractivity contribution < 1.29 is 14.3 Å². The number of carbonyl (C=O) groups is 1. The Balaban J connectivity index is 1.77. The van der Waals surface area contributed by atoms with Crippen molar-refractivity contribution in [1.82, 2.24) is 4.90 Å². The summed E-state index contributed by atoms with van der Waals surface area (Å²) < 4.78 is 11.3. The van der Waals surface area contributed by atoms with Crippen LogP contribution < -0.4 is 0 Å². The van der Waals surface area contributed by atoms with Gasteiger partial charge in [0, 0.05) is 38.6 Å². The van der Waals surface area contributed by atoms with Gasteiger partial charge in [-0.3, -0.25) is 4.79 Å². The van der Waals surface area contributed by atoms with E-state index in [0.717, 1.165) is 45.8 Å². The van der Waals surface area contributed by atoms with Gasteiger partial charge in [-0.05, 0) is 31.6 Å². The summed E-state index contributed by atoms with van der Waals surface area (Å²) >= 11 is 0. The summed E-state index contributed by atoms with van der Waals surface area (Å²) in [5, 5.41) is 0. The minimum absolute atomic E-state index is 0.268. The Bertz CT molecular complexity index is 319. The molecule has 0 unspecified atom stereocenters. The summed E-state index contributed by atoms with van der Waals surface area (Å²) in [7, 11) is 0. The fourth-order valence-corrected chi connectivity index (χ4v) is 3.25. The SMILES string of the molecule is CCOCC[C@H]1CO[C@H]2CN(C(=O)CCC(C)C)C[C@@H]12. The number of ether oxygens (including phenoxy) is 2. The van der Waals surface area contributed by atoms with E-state index < -0.39 is 0 Å². The molecule has 1 amide bonds. The molecule has 2 aliphatic rings. The monoisotopic (exact) mass is 283 g/mol. The van der Waals surface area contributed by atoms with Crippen LogP contribution in [0.1, 0.15) is 40.0 Å². The number of hydrogen-bond donors (Lipinski definition) is 0. The highest BCUT2D eigenvalue weighted by Crippen LogP contribution is 2.35. The molecule has 20 heavy (non-hydrogen) atoms. The lowest BCUT2D eigenvalue weighted by Crippen LogP contribution is -2.31. The average Bonchev–Trinajstić information content (AvgIpc) is 2.97. The fraction of sp³-hybridized carbons (Fsp3) is 0.938. The lowest BCUT2D eigenvalue weighted by Gasteiger charge is -2.20. The van der Waals surface area contributed by atoms with Gasteiger partial charge >= 0.3 is 0 Å². The highest BCUT2D eigenvalue weighted by atomic mass is 16.5. The highest BCUT2D eigenvalue weighted by Gasteiger charge is 2.44. The van der Waals surface area contributed by atoms with E-state index in [2.05, 4.69) is 13.8 Å². The molecule has 2 rings (SSSR count). The summed E-state index contributed by atoms with van der Waals surface area (Å²) in [6.07, 6.45) is 2.99. The highest BCUT2D eigenvalue weighted by molar-refractivity contribution is 5.76. The van der Waals surface area contributed by atoms with Gasteiger partial charge in [0.25, 0.3) is 0 Å². The average molecular weight is 283 g/mol. The zero-order chi connectivity index (χ0) is 14.5. The van der Waals surface area contributed by atoms with Crippen LogP contribution in [0.3, 0.4) is 0 Å². The number of rotatable bonds is 7. The molecule has 0 aliphatic carbocycles. The van der Waals surface area contributed by atoms with Crippen molar-refractivity contribution in [1.29, 1.82) is 0 Å². The normalized spacial score (nSPS) is 29.2. The second kappa shape index (κ2) is 7.41. The number of likely N-dealkylation sites (tertiary alicyclic amines) is 1. The predicted molar refractivity (Wildman–Crippen MR) is 78.5 cm³/mol. The van der Waals surface area contributed by atoms with Crippen LogP contribution in [0.2, 0.25) is 0 Å². The maximum Gasteiger partial charge on any atom is 0.222 e. The maximum absolute atomic E-state index is 12.2. The summed E-state index contributed by atoms with van der Waals surface area (Å²) in [5.41, 5.74) is 0. The van der Waals surface area contributed by atoms with E-state index in [4.69, 9.17) is 9.47 Å². The zero-order valence-corrected chi connectivity index (χ0v) is 13.1. The van der Waals surface area contributed by atoms with Crippen LogP contribution in [-0.2, 0) is 14.3 Å². The van der Waals surface area contributed by atoms with Crippen LogP contribution >= 0.6 is 0 Å². The van der Waals surface area contributed by atoms with Gasteiger partial charge in [-0.2, -0.15) is 0 Å². The molecule has 0 saturated carbocycles. The summed E-state index contributed by atoms with van der Waals surface area (Å²) in [6, 6.07) is 0. The summed E-state index contributed by atoms with van der Waals surface area (Å²) in [5.74, 6) is 1.99. The third-order valence-electron chi connectivity index (χ3n) is 4.56. The standard InChI is InChI=1S/C16H29NO3/c1-4-19-8-7-13-11-20-15-10-17(9-14(13)15)16(18)6-5-12(2)3/h12-15H,4-11H2,1-3H3/t13-,14-,15-/m0/s1. The van der Waals surface area contributed by atoms with Crippen LogP contribution in [0.15, 0.2) is 0 Å². The molecule has 0 aromatic rings. The minimum Gasteiger partial charge on any atom is -0.382 e. The molecule has 0 radical (unpaired) electrons. The van der Waals surface area contributed by atoms with Crippen molar-refractivity contribution in [2.24, 2.45) is 17.8 Å².